The standard InChI is InChI=1S/C17H15ClOS/c18-14-11-13-5-1-2-8-16(13)17(12-14)19-9-3-6-15-7-4-10-20-15/h1-2,4-5,7-8,10-12H,3,6,9H2. The van der Waals surface area contributed by atoms with Crippen LogP contribution in [0.25, 0.3) is 10.8 Å². The van der Waals surface area contributed by atoms with Crippen molar-refractivity contribution in [1.29, 1.82) is 0 Å². The van der Waals surface area contributed by atoms with Gasteiger partial charge < -0.3 is 4.74 Å². The third-order valence-corrected chi connectivity index (χ3v) is 4.35. The maximum absolute atomic E-state index is 6.14. The number of aryl methyl sites for hydroxylation is 1. The van der Waals surface area contributed by atoms with Gasteiger partial charge in [0.05, 0.1) is 6.61 Å². The quantitative estimate of drug-likeness (QED) is 0.560. The molecule has 0 amide bonds. The average Bonchev–Trinajstić information content (AvgIpc) is 2.96. The zero-order valence-electron chi connectivity index (χ0n) is 11.0. The minimum Gasteiger partial charge on any atom is -0.493 e. The van der Waals surface area contributed by atoms with E-state index in [2.05, 4.69) is 29.6 Å². The highest BCUT2D eigenvalue weighted by atomic mass is 35.5. The molecule has 0 aliphatic heterocycles. The first-order valence-corrected chi connectivity index (χ1v) is 7.92. The van der Waals surface area contributed by atoms with Crippen LogP contribution in [0.3, 0.4) is 0 Å². The van der Waals surface area contributed by atoms with Gasteiger partial charge >= 0.3 is 0 Å². The first-order valence-electron chi connectivity index (χ1n) is 6.66. The van der Waals surface area contributed by atoms with E-state index in [-0.39, 0.29) is 0 Å². The summed E-state index contributed by atoms with van der Waals surface area (Å²) in [6.45, 7) is 0.711. The summed E-state index contributed by atoms with van der Waals surface area (Å²) in [5, 5.41) is 5.07. The molecule has 0 saturated carbocycles. The van der Waals surface area contributed by atoms with E-state index in [9.17, 15) is 0 Å². The number of hydrogen-bond donors (Lipinski definition) is 0. The second kappa shape index (κ2) is 6.29. The van der Waals surface area contributed by atoms with Gasteiger partial charge in [-0.3, -0.25) is 0 Å². The lowest BCUT2D eigenvalue weighted by molar-refractivity contribution is 0.315. The van der Waals surface area contributed by atoms with E-state index in [4.69, 9.17) is 16.3 Å². The molecule has 1 nitrogen and oxygen atoms in total. The van der Waals surface area contributed by atoms with Crippen molar-refractivity contribution in [2.75, 3.05) is 6.61 Å². The Morgan fingerprint density at radius 1 is 1.05 bits per heavy atom. The first-order chi connectivity index (χ1) is 9.83. The molecular formula is C17H15ClOS. The maximum atomic E-state index is 6.14. The van der Waals surface area contributed by atoms with E-state index in [1.165, 1.54) is 4.88 Å². The van der Waals surface area contributed by atoms with Crippen LogP contribution in [0.4, 0.5) is 0 Å². The third kappa shape index (κ3) is 3.14. The Bertz CT molecular complexity index is 691. The Hall–Kier alpha value is -1.51. The van der Waals surface area contributed by atoms with Crippen molar-refractivity contribution in [3.05, 3.63) is 63.8 Å². The summed E-state index contributed by atoms with van der Waals surface area (Å²) >= 11 is 7.94. The van der Waals surface area contributed by atoms with Gasteiger partial charge in [-0.15, -0.1) is 11.3 Å². The fraction of sp³-hybridized carbons (Fsp3) is 0.176. The molecule has 0 spiro atoms. The van der Waals surface area contributed by atoms with Crippen molar-refractivity contribution in [2.45, 2.75) is 12.8 Å². The highest BCUT2D eigenvalue weighted by Crippen LogP contribution is 2.30. The van der Waals surface area contributed by atoms with Crippen molar-refractivity contribution in [1.82, 2.24) is 0 Å². The fourth-order valence-corrected chi connectivity index (χ4v) is 3.21. The molecule has 0 fully saturated rings. The molecule has 0 bridgehead atoms. The first kappa shape index (κ1) is 13.5. The van der Waals surface area contributed by atoms with Gasteiger partial charge in [0, 0.05) is 15.3 Å². The van der Waals surface area contributed by atoms with Crippen LogP contribution in [-0.4, -0.2) is 6.61 Å². The van der Waals surface area contributed by atoms with Gasteiger partial charge in [0.1, 0.15) is 5.75 Å². The van der Waals surface area contributed by atoms with E-state index in [1.807, 2.05) is 24.3 Å². The van der Waals surface area contributed by atoms with E-state index in [0.717, 1.165) is 34.4 Å². The Morgan fingerprint density at radius 2 is 1.95 bits per heavy atom. The van der Waals surface area contributed by atoms with Gasteiger partial charge in [-0.2, -0.15) is 0 Å². The second-order valence-corrected chi connectivity index (χ2v) is 6.13. The van der Waals surface area contributed by atoms with E-state index >= 15 is 0 Å². The molecule has 3 aromatic rings. The van der Waals surface area contributed by atoms with Gasteiger partial charge in [-0.05, 0) is 41.8 Å². The molecule has 0 unspecified atom stereocenters. The van der Waals surface area contributed by atoms with Gasteiger partial charge in [0.15, 0.2) is 0 Å². The van der Waals surface area contributed by atoms with Crippen molar-refractivity contribution in [2.24, 2.45) is 0 Å². The highest BCUT2D eigenvalue weighted by molar-refractivity contribution is 7.09. The largest absolute Gasteiger partial charge is 0.493 e. The number of rotatable bonds is 5. The molecule has 1 aromatic heterocycles. The molecule has 3 heteroatoms. The fourth-order valence-electron chi connectivity index (χ4n) is 2.24. The Morgan fingerprint density at radius 3 is 2.80 bits per heavy atom. The van der Waals surface area contributed by atoms with E-state index in [0.29, 0.717) is 6.61 Å². The lowest BCUT2D eigenvalue weighted by atomic mass is 10.1. The minimum absolute atomic E-state index is 0.711. The van der Waals surface area contributed by atoms with Crippen LogP contribution in [0.2, 0.25) is 5.02 Å². The monoisotopic (exact) mass is 302 g/mol. The Labute approximate surface area is 127 Å². The van der Waals surface area contributed by atoms with Crippen molar-refractivity contribution in [3.63, 3.8) is 0 Å². The molecule has 0 N–H and O–H groups in total. The molecule has 2 aromatic carbocycles. The predicted octanol–water partition coefficient (Wildman–Crippen LogP) is 5.57. The second-order valence-electron chi connectivity index (χ2n) is 4.66. The van der Waals surface area contributed by atoms with Gasteiger partial charge in [0.2, 0.25) is 0 Å². The molecule has 1 heterocycles. The van der Waals surface area contributed by atoms with Crippen LogP contribution in [0.5, 0.6) is 5.75 Å². The number of halogens is 1. The predicted molar refractivity (Wildman–Crippen MR) is 87.1 cm³/mol. The van der Waals surface area contributed by atoms with Gasteiger partial charge in [0.25, 0.3) is 0 Å². The zero-order valence-corrected chi connectivity index (χ0v) is 12.6. The summed E-state index contributed by atoms with van der Waals surface area (Å²) in [7, 11) is 0. The maximum Gasteiger partial charge on any atom is 0.128 e. The zero-order chi connectivity index (χ0) is 13.8. The van der Waals surface area contributed by atoms with Gasteiger partial charge in [-0.1, -0.05) is 41.9 Å². The topological polar surface area (TPSA) is 9.23 Å². The summed E-state index contributed by atoms with van der Waals surface area (Å²) in [5.41, 5.74) is 0. The molecule has 0 saturated heterocycles. The van der Waals surface area contributed by atoms with Crippen LogP contribution in [0.15, 0.2) is 53.9 Å². The molecule has 0 aliphatic rings. The van der Waals surface area contributed by atoms with Crippen LogP contribution in [-0.2, 0) is 6.42 Å². The molecule has 102 valence electrons. The number of benzene rings is 2. The van der Waals surface area contributed by atoms with Crippen molar-refractivity contribution in [3.8, 4) is 5.75 Å². The number of fused-ring (bicyclic) bond motifs is 1. The normalized spacial score (nSPS) is 10.8. The van der Waals surface area contributed by atoms with Gasteiger partial charge in [-0.25, -0.2) is 0 Å². The lowest BCUT2D eigenvalue weighted by Gasteiger charge is -2.10. The van der Waals surface area contributed by atoms with Crippen LogP contribution >= 0.6 is 22.9 Å². The summed E-state index contributed by atoms with van der Waals surface area (Å²) in [6, 6.07) is 16.3. The molecular weight excluding hydrogens is 288 g/mol. The van der Waals surface area contributed by atoms with Crippen LogP contribution < -0.4 is 4.74 Å². The van der Waals surface area contributed by atoms with Crippen LogP contribution in [0, 0.1) is 0 Å². The number of ether oxygens (including phenoxy) is 1. The van der Waals surface area contributed by atoms with Crippen molar-refractivity contribution < 1.29 is 4.74 Å². The summed E-state index contributed by atoms with van der Waals surface area (Å²) in [5.74, 6) is 0.874. The highest BCUT2D eigenvalue weighted by Gasteiger charge is 2.04. The van der Waals surface area contributed by atoms with E-state index < -0.39 is 0 Å². The SMILES string of the molecule is Clc1cc(OCCCc2cccs2)c2ccccc2c1. The Kier molecular flexibility index (Phi) is 4.24. The Balaban J connectivity index is 1.68. The molecule has 20 heavy (non-hydrogen) atoms. The van der Waals surface area contributed by atoms with E-state index in [1.54, 1.807) is 11.3 Å². The average molecular weight is 303 g/mol. The van der Waals surface area contributed by atoms with Crippen molar-refractivity contribution >= 4 is 33.7 Å². The molecule has 0 aliphatic carbocycles. The van der Waals surface area contributed by atoms with Crippen LogP contribution in [0.1, 0.15) is 11.3 Å². The smallest absolute Gasteiger partial charge is 0.128 e. The summed E-state index contributed by atoms with van der Waals surface area (Å²) < 4.78 is 5.92. The molecule has 3 rings (SSSR count). The summed E-state index contributed by atoms with van der Waals surface area (Å²) in [4.78, 5) is 1.41. The molecule has 0 radical (unpaired) electrons. The minimum atomic E-state index is 0.711. The number of hydrogen-bond acceptors (Lipinski definition) is 2. The molecule has 0 atom stereocenters. The summed E-state index contributed by atoms with van der Waals surface area (Å²) in [6.07, 6.45) is 2.08. The third-order valence-electron chi connectivity index (χ3n) is 3.19. The lowest BCUT2D eigenvalue weighted by Crippen LogP contribution is -1.99. The number of thiophene rings is 1.